The van der Waals surface area contributed by atoms with Gasteiger partial charge in [-0.1, -0.05) is 41.2 Å². The third-order valence-electron chi connectivity index (χ3n) is 4.93. The van der Waals surface area contributed by atoms with Crippen LogP contribution >= 0.6 is 23.1 Å². The van der Waals surface area contributed by atoms with Crippen LogP contribution < -0.4 is 5.56 Å². The fourth-order valence-electron chi connectivity index (χ4n) is 3.25. The van der Waals surface area contributed by atoms with Gasteiger partial charge < -0.3 is 4.42 Å². The normalized spacial score (nSPS) is 11.7. The van der Waals surface area contributed by atoms with Crippen LogP contribution in [0.3, 0.4) is 0 Å². The maximum absolute atomic E-state index is 13.3. The van der Waals surface area contributed by atoms with Crippen LogP contribution in [0.15, 0.2) is 86.0 Å². The van der Waals surface area contributed by atoms with Crippen molar-refractivity contribution in [3.05, 3.63) is 99.9 Å². The van der Waals surface area contributed by atoms with Crippen LogP contribution in [0.4, 0.5) is 0 Å². The zero-order chi connectivity index (χ0) is 21.9. The molecule has 3 aromatic heterocycles. The van der Waals surface area contributed by atoms with Crippen molar-refractivity contribution in [1.29, 1.82) is 0 Å². The van der Waals surface area contributed by atoms with Crippen molar-refractivity contribution in [2.24, 2.45) is 4.99 Å². The lowest BCUT2D eigenvalue weighted by atomic mass is 10.2. The summed E-state index contributed by atoms with van der Waals surface area (Å²) in [6, 6.07) is 19.9. The van der Waals surface area contributed by atoms with Gasteiger partial charge >= 0.3 is 0 Å². The lowest BCUT2D eigenvalue weighted by Crippen LogP contribution is -2.17. The summed E-state index contributed by atoms with van der Waals surface area (Å²) < 4.78 is 7.89. The zero-order valence-corrected chi connectivity index (χ0v) is 19.0. The van der Waals surface area contributed by atoms with E-state index in [0.29, 0.717) is 23.0 Å². The number of hydrogen-bond acceptors (Lipinski definition) is 6. The number of furan rings is 1. The van der Waals surface area contributed by atoms with Gasteiger partial charge in [0.25, 0.3) is 5.56 Å². The molecule has 5 rings (SSSR count). The van der Waals surface area contributed by atoms with Gasteiger partial charge in [-0.05, 0) is 43.3 Å². The van der Waals surface area contributed by atoms with Gasteiger partial charge in [-0.15, -0.1) is 11.8 Å². The quantitative estimate of drug-likeness (QED) is 0.254. The van der Waals surface area contributed by atoms with Crippen LogP contribution in [0.1, 0.15) is 22.6 Å². The second-order valence-electron chi connectivity index (χ2n) is 7.26. The highest BCUT2D eigenvalue weighted by molar-refractivity contribution is 7.98. The minimum Gasteiger partial charge on any atom is -0.467 e. The molecule has 0 fully saturated rings. The fraction of sp³-hybridized carbons (Fsp3) is 0.125. The summed E-state index contributed by atoms with van der Waals surface area (Å²) in [5.74, 6) is 1.36. The fourth-order valence-corrected chi connectivity index (χ4v) is 5.03. The van der Waals surface area contributed by atoms with E-state index in [9.17, 15) is 4.79 Å². The van der Waals surface area contributed by atoms with Crippen molar-refractivity contribution >= 4 is 39.5 Å². The Morgan fingerprint density at radius 2 is 2.00 bits per heavy atom. The summed E-state index contributed by atoms with van der Waals surface area (Å²) in [5, 5.41) is 3.88. The van der Waals surface area contributed by atoms with E-state index in [1.807, 2.05) is 36.4 Å². The second-order valence-corrected chi connectivity index (χ2v) is 9.32. The minimum absolute atomic E-state index is 0.160. The van der Waals surface area contributed by atoms with Crippen molar-refractivity contribution in [2.45, 2.75) is 24.1 Å². The molecule has 160 valence electrons. The number of rotatable bonds is 7. The van der Waals surface area contributed by atoms with E-state index in [-0.39, 0.29) is 5.56 Å². The van der Waals surface area contributed by atoms with Crippen molar-refractivity contribution in [3.8, 4) is 5.13 Å². The molecule has 6 nitrogen and oxygen atoms in total. The molecule has 0 bridgehead atoms. The van der Waals surface area contributed by atoms with E-state index in [1.165, 1.54) is 21.6 Å². The number of thiazole rings is 1. The van der Waals surface area contributed by atoms with Gasteiger partial charge in [0.05, 0.1) is 34.3 Å². The number of hydrogen-bond donors (Lipinski definition) is 1. The first kappa shape index (κ1) is 20.5. The van der Waals surface area contributed by atoms with Crippen LogP contribution in [0.2, 0.25) is 0 Å². The third-order valence-corrected chi connectivity index (χ3v) is 6.99. The summed E-state index contributed by atoms with van der Waals surface area (Å²) in [6.45, 7) is 2.45. The van der Waals surface area contributed by atoms with Crippen molar-refractivity contribution in [2.75, 3.05) is 0 Å². The average Bonchev–Trinajstić information content (AvgIpc) is 3.53. The highest BCUT2D eigenvalue weighted by Crippen LogP contribution is 2.26. The van der Waals surface area contributed by atoms with Crippen LogP contribution in [-0.4, -0.2) is 21.0 Å². The van der Waals surface area contributed by atoms with Crippen molar-refractivity contribution in [1.82, 2.24) is 14.8 Å². The first-order chi connectivity index (χ1) is 15.7. The molecule has 2 aromatic carbocycles. The van der Waals surface area contributed by atoms with Crippen LogP contribution in [0.5, 0.6) is 0 Å². The zero-order valence-electron chi connectivity index (χ0n) is 17.3. The van der Waals surface area contributed by atoms with Crippen molar-refractivity contribution in [3.63, 3.8) is 0 Å². The molecule has 0 spiro atoms. The molecule has 0 unspecified atom stereocenters. The molecular formula is C24H20N4O2S2. The molecule has 32 heavy (non-hydrogen) atoms. The van der Waals surface area contributed by atoms with Gasteiger partial charge in [0.1, 0.15) is 5.76 Å². The summed E-state index contributed by atoms with van der Waals surface area (Å²) in [7, 11) is 0. The Bertz CT molecular complexity index is 1390. The number of nitrogens with one attached hydrogen (secondary N) is 1. The predicted molar refractivity (Wildman–Crippen MR) is 130 cm³/mol. The van der Waals surface area contributed by atoms with E-state index in [4.69, 9.17) is 4.42 Å². The number of nitrogens with zero attached hydrogens (tertiary/aromatic N) is 3. The lowest BCUT2D eigenvalue weighted by Gasteiger charge is -2.02. The molecule has 3 heterocycles. The number of benzene rings is 2. The van der Waals surface area contributed by atoms with Crippen LogP contribution in [0, 0.1) is 6.92 Å². The largest absolute Gasteiger partial charge is 0.467 e. The number of aryl methyl sites for hydroxylation is 1. The summed E-state index contributed by atoms with van der Waals surface area (Å²) in [4.78, 5) is 23.5. The summed E-state index contributed by atoms with van der Waals surface area (Å²) in [6.07, 6.45) is 3.25. The number of aliphatic imine (C=N–C) groups is 1. The Morgan fingerprint density at radius 3 is 2.78 bits per heavy atom. The Hall–Kier alpha value is -3.36. The molecule has 0 aliphatic rings. The highest BCUT2D eigenvalue weighted by atomic mass is 32.2. The molecular weight excluding hydrogens is 440 g/mol. The monoisotopic (exact) mass is 460 g/mol. The van der Waals surface area contributed by atoms with E-state index in [1.54, 1.807) is 24.2 Å². The van der Waals surface area contributed by atoms with E-state index >= 15 is 0 Å². The molecule has 0 aliphatic carbocycles. The molecule has 0 aliphatic heterocycles. The maximum atomic E-state index is 13.3. The minimum atomic E-state index is -0.160. The highest BCUT2D eigenvalue weighted by Gasteiger charge is 2.17. The molecule has 1 N–H and O–H groups in total. The first-order valence-corrected chi connectivity index (χ1v) is 11.9. The number of thioether (sulfide) groups is 1. The van der Waals surface area contributed by atoms with E-state index in [2.05, 4.69) is 46.3 Å². The molecule has 0 radical (unpaired) electrons. The van der Waals surface area contributed by atoms with E-state index in [0.717, 1.165) is 26.6 Å². The Labute approximate surface area is 192 Å². The average molecular weight is 461 g/mol. The van der Waals surface area contributed by atoms with Gasteiger partial charge in [0, 0.05) is 16.9 Å². The lowest BCUT2D eigenvalue weighted by molar-refractivity contribution is 0.513. The number of aromatic nitrogens is 3. The summed E-state index contributed by atoms with van der Waals surface area (Å²) >= 11 is 3.15. The van der Waals surface area contributed by atoms with Gasteiger partial charge in [0.2, 0.25) is 5.13 Å². The van der Waals surface area contributed by atoms with Crippen LogP contribution in [-0.2, 0) is 12.3 Å². The Balaban J connectivity index is 1.48. The topological polar surface area (TPSA) is 76.2 Å². The summed E-state index contributed by atoms with van der Waals surface area (Å²) in [5.41, 5.74) is 3.28. The maximum Gasteiger partial charge on any atom is 0.282 e. The smallest absolute Gasteiger partial charge is 0.282 e. The predicted octanol–water partition coefficient (Wildman–Crippen LogP) is 5.59. The van der Waals surface area contributed by atoms with Gasteiger partial charge in [-0.25, -0.2) is 4.98 Å². The molecule has 0 saturated heterocycles. The standard InChI is InChI=1S/C24H20N4O2S2/c1-16-8-10-18(11-9-16)31-15-21-19(14-25-13-17-5-4-12-30-17)23(29)28(27-21)24-26-20-6-2-3-7-22(20)32-24/h2-12,14,27H,13,15H2,1H3. The molecule has 5 aromatic rings. The number of H-pyrrole nitrogens is 1. The SMILES string of the molecule is Cc1ccc(SCc2[nH]n(-c3nc4ccccc4s3)c(=O)c2C=NCc2ccco2)cc1. The van der Waals surface area contributed by atoms with Crippen molar-refractivity contribution < 1.29 is 4.42 Å². The number of para-hydroxylation sites is 1. The Kier molecular flexibility index (Phi) is 5.79. The van der Waals surface area contributed by atoms with Gasteiger partial charge in [-0.2, -0.15) is 4.68 Å². The molecule has 0 atom stereocenters. The molecule has 0 saturated carbocycles. The first-order valence-electron chi connectivity index (χ1n) is 10.1. The Morgan fingerprint density at radius 1 is 1.16 bits per heavy atom. The van der Waals surface area contributed by atoms with Gasteiger partial charge in [-0.3, -0.25) is 14.9 Å². The second kappa shape index (κ2) is 9.02. The van der Waals surface area contributed by atoms with E-state index < -0.39 is 0 Å². The number of fused-ring (bicyclic) bond motifs is 1. The number of aromatic amines is 1. The molecule has 8 heteroatoms. The van der Waals surface area contributed by atoms with Gasteiger partial charge in [0.15, 0.2) is 0 Å². The molecule has 0 amide bonds. The third kappa shape index (κ3) is 4.32. The van der Waals surface area contributed by atoms with Crippen LogP contribution in [0.25, 0.3) is 15.3 Å².